The lowest BCUT2D eigenvalue weighted by atomic mass is 10.0. The molecule has 0 aliphatic carbocycles. The number of carbonyl (C=O) groups is 1. The number of aryl methyl sites for hydroxylation is 1. The maximum absolute atomic E-state index is 12.2. The quantitative estimate of drug-likeness (QED) is 0.840. The highest BCUT2D eigenvalue weighted by atomic mass is 16.6. The normalized spacial score (nSPS) is 19.0. The standard InChI is InChI=1S/C16H26N4O2/c1-12-17-9-8-14(18-12)20-10-6-7-13(11-20)19(5)15(21)22-16(2,3)4/h8-9,13H,6-7,10-11H2,1-5H3/t13-/m0/s1. The summed E-state index contributed by atoms with van der Waals surface area (Å²) in [6, 6.07) is 2.06. The Labute approximate surface area is 132 Å². The minimum Gasteiger partial charge on any atom is -0.444 e. The van der Waals surface area contributed by atoms with E-state index in [1.807, 2.05) is 40.8 Å². The molecule has 1 aromatic heterocycles. The van der Waals surface area contributed by atoms with Gasteiger partial charge in [-0.1, -0.05) is 0 Å². The van der Waals surface area contributed by atoms with Crippen molar-refractivity contribution in [2.75, 3.05) is 25.0 Å². The van der Waals surface area contributed by atoms with E-state index >= 15 is 0 Å². The predicted molar refractivity (Wildman–Crippen MR) is 86.0 cm³/mol. The van der Waals surface area contributed by atoms with E-state index in [2.05, 4.69) is 14.9 Å². The van der Waals surface area contributed by atoms with Gasteiger partial charge in [0.15, 0.2) is 0 Å². The fourth-order valence-corrected chi connectivity index (χ4v) is 2.58. The summed E-state index contributed by atoms with van der Waals surface area (Å²) in [6.45, 7) is 9.26. The van der Waals surface area contributed by atoms with Crippen LogP contribution in [0.1, 0.15) is 39.4 Å². The Morgan fingerprint density at radius 3 is 2.82 bits per heavy atom. The van der Waals surface area contributed by atoms with Crippen molar-refractivity contribution >= 4 is 11.9 Å². The molecule has 0 radical (unpaired) electrons. The van der Waals surface area contributed by atoms with E-state index in [4.69, 9.17) is 4.74 Å². The number of piperidine rings is 1. The Morgan fingerprint density at radius 2 is 2.18 bits per heavy atom. The summed E-state index contributed by atoms with van der Waals surface area (Å²) in [5, 5.41) is 0. The molecule has 2 rings (SSSR count). The number of nitrogens with zero attached hydrogens (tertiary/aromatic N) is 4. The largest absolute Gasteiger partial charge is 0.444 e. The van der Waals surface area contributed by atoms with Crippen LogP contribution in [0.5, 0.6) is 0 Å². The summed E-state index contributed by atoms with van der Waals surface area (Å²) in [4.78, 5) is 24.8. The van der Waals surface area contributed by atoms with Crippen molar-refractivity contribution in [3.05, 3.63) is 18.1 Å². The average molecular weight is 306 g/mol. The third-order valence-electron chi connectivity index (χ3n) is 3.71. The SMILES string of the molecule is Cc1nccc(N2CCC[C@H](N(C)C(=O)OC(C)(C)C)C2)n1. The molecule has 1 saturated heterocycles. The van der Waals surface area contributed by atoms with Gasteiger partial charge < -0.3 is 14.5 Å². The van der Waals surface area contributed by atoms with E-state index in [1.165, 1.54) is 0 Å². The Kier molecular flexibility index (Phi) is 4.88. The molecule has 122 valence electrons. The number of hydrogen-bond donors (Lipinski definition) is 0. The Hall–Kier alpha value is -1.85. The van der Waals surface area contributed by atoms with Crippen LogP contribution in [0.4, 0.5) is 10.6 Å². The zero-order chi connectivity index (χ0) is 16.3. The van der Waals surface area contributed by atoms with E-state index in [0.717, 1.165) is 37.6 Å². The summed E-state index contributed by atoms with van der Waals surface area (Å²) in [7, 11) is 1.81. The number of hydrogen-bond acceptors (Lipinski definition) is 5. The molecule has 6 nitrogen and oxygen atoms in total. The van der Waals surface area contributed by atoms with E-state index in [-0.39, 0.29) is 12.1 Å². The van der Waals surface area contributed by atoms with Gasteiger partial charge in [-0.2, -0.15) is 0 Å². The van der Waals surface area contributed by atoms with E-state index in [9.17, 15) is 4.79 Å². The highest BCUT2D eigenvalue weighted by molar-refractivity contribution is 5.68. The molecule has 1 aliphatic heterocycles. The molecule has 0 spiro atoms. The zero-order valence-corrected chi connectivity index (χ0v) is 14.2. The van der Waals surface area contributed by atoms with Gasteiger partial charge in [0.25, 0.3) is 0 Å². The van der Waals surface area contributed by atoms with Crippen LogP contribution in [-0.4, -0.2) is 52.7 Å². The maximum atomic E-state index is 12.2. The van der Waals surface area contributed by atoms with Crippen molar-refractivity contribution in [2.45, 2.75) is 52.2 Å². The fraction of sp³-hybridized carbons (Fsp3) is 0.688. The van der Waals surface area contributed by atoms with Gasteiger partial charge in [-0.3, -0.25) is 0 Å². The molecule has 1 atom stereocenters. The van der Waals surface area contributed by atoms with Crippen LogP contribution in [0.3, 0.4) is 0 Å². The average Bonchev–Trinajstić information content (AvgIpc) is 2.45. The van der Waals surface area contributed by atoms with Crippen LogP contribution in [0.25, 0.3) is 0 Å². The Morgan fingerprint density at radius 1 is 1.45 bits per heavy atom. The lowest BCUT2D eigenvalue weighted by molar-refractivity contribution is 0.0209. The molecule has 0 unspecified atom stereocenters. The lowest BCUT2D eigenvalue weighted by Crippen LogP contribution is -2.50. The summed E-state index contributed by atoms with van der Waals surface area (Å²) >= 11 is 0. The first kappa shape index (κ1) is 16.5. The number of anilines is 1. The van der Waals surface area contributed by atoms with Gasteiger partial charge in [0.2, 0.25) is 0 Å². The van der Waals surface area contributed by atoms with Gasteiger partial charge in [-0.25, -0.2) is 14.8 Å². The molecule has 0 aromatic carbocycles. The van der Waals surface area contributed by atoms with Gasteiger partial charge in [0.05, 0.1) is 6.04 Å². The molecule has 22 heavy (non-hydrogen) atoms. The second kappa shape index (κ2) is 6.50. The zero-order valence-electron chi connectivity index (χ0n) is 14.2. The van der Waals surface area contributed by atoms with Crippen molar-refractivity contribution in [2.24, 2.45) is 0 Å². The Balaban J connectivity index is 2.02. The van der Waals surface area contributed by atoms with Crippen molar-refractivity contribution < 1.29 is 9.53 Å². The first-order valence-electron chi connectivity index (χ1n) is 7.76. The van der Waals surface area contributed by atoms with Gasteiger partial charge in [-0.15, -0.1) is 0 Å². The van der Waals surface area contributed by atoms with Crippen molar-refractivity contribution in [1.29, 1.82) is 0 Å². The number of ether oxygens (including phenoxy) is 1. The summed E-state index contributed by atoms with van der Waals surface area (Å²) in [6.07, 6.45) is 3.52. The summed E-state index contributed by atoms with van der Waals surface area (Å²) in [5.74, 6) is 1.69. The number of amides is 1. The van der Waals surface area contributed by atoms with Crippen LogP contribution < -0.4 is 4.90 Å². The second-order valence-corrected chi connectivity index (χ2v) is 6.80. The molecule has 1 fully saturated rings. The number of aromatic nitrogens is 2. The van der Waals surface area contributed by atoms with Crippen LogP contribution in [0, 0.1) is 6.92 Å². The van der Waals surface area contributed by atoms with E-state index in [1.54, 1.807) is 11.1 Å². The molecule has 1 aliphatic rings. The minimum atomic E-state index is -0.469. The molecule has 1 amide bonds. The number of rotatable bonds is 2. The fourth-order valence-electron chi connectivity index (χ4n) is 2.58. The molecular formula is C16H26N4O2. The van der Waals surface area contributed by atoms with E-state index in [0.29, 0.717) is 0 Å². The van der Waals surface area contributed by atoms with Crippen LogP contribution >= 0.6 is 0 Å². The third-order valence-corrected chi connectivity index (χ3v) is 3.71. The van der Waals surface area contributed by atoms with Gasteiger partial charge >= 0.3 is 6.09 Å². The molecule has 0 saturated carbocycles. The molecule has 6 heteroatoms. The lowest BCUT2D eigenvalue weighted by Gasteiger charge is -2.38. The smallest absolute Gasteiger partial charge is 0.410 e. The topological polar surface area (TPSA) is 58.6 Å². The summed E-state index contributed by atoms with van der Waals surface area (Å²) in [5.41, 5.74) is -0.469. The molecule has 2 heterocycles. The number of carbonyl (C=O) groups excluding carboxylic acids is 1. The number of likely N-dealkylation sites (N-methyl/N-ethyl adjacent to an activating group) is 1. The Bertz CT molecular complexity index is 527. The first-order chi connectivity index (χ1) is 10.3. The highest BCUT2D eigenvalue weighted by Crippen LogP contribution is 2.21. The van der Waals surface area contributed by atoms with Crippen LogP contribution in [-0.2, 0) is 4.74 Å². The molecule has 0 N–H and O–H groups in total. The second-order valence-electron chi connectivity index (χ2n) is 6.80. The third kappa shape index (κ3) is 4.32. The first-order valence-corrected chi connectivity index (χ1v) is 7.76. The van der Waals surface area contributed by atoms with Gasteiger partial charge in [0, 0.05) is 26.3 Å². The van der Waals surface area contributed by atoms with Gasteiger partial charge in [-0.05, 0) is 46.6 Å². The molecule has 0 bridgehead atoms. The maximum Gasteiger partial charge on any atom is 0.410 e. The minimum absolute atomic E-state index is 0.138. The predicted octanol–water partition coefficient (Wildman–Crippen LogP) is 2.62. The van der Waals surface area contributed by atoms with Gasteiger partial charge in [0.1, 0.15) is 17.2 Å². The van der Waals surface area contributed by atoms with Crippen molar-refractivity contribution in [1.82, 2.24) is 14.9 Å². The van der Waals surface area contributed by atoms with Crippen molar-refractivity contribution in [3.63, 3.8) is 0 Å². The monoisotopic (exact) mass is 306 g/mol. The van der Waals surface area contributed by atoms with Crippen LogP contribution in [0.2, 0.25) is 0 Å². The highest BCUT2D eigenvalue weighted by Gasteiger charge is 2.29. The van der Waals surface area contributed by atoms with Crippen LogP contribution in [0.15, 0.2) is 12.3 Å². The van der Waals surface area contributed by atoms with Crippen molar-refractivity contribution in [3.8, 4) is 0 Å². The van der Waals surface area contributed by atoms with E-state index < -0.39 is 5.60 Å². The molecule has 1 aromatic rings. The molecular weight excluding hydrogens is 280 g/mol. The summed E-state index contributed by atoms with van der Waals surface area (Å²) < 4.78 is 5.46.